The summed E-state index contributed by atoms with van der Waals surface area (Å²) in [4.78, 5) is 20.2. The maximum Gasteiger partial charge on any atom is 0.224 e. The van der Waals surface area contributed by atoms with E-state index in [9.17, 15) is 4.79 Å². The molecule has 0 radical (unpaired) electrons. The second-order valence-corrected chi connectivity index (χ2v) is 8.46. The molecule has 0 aliphatic carbocycles. The first-order valence-corrected chi connectivity index (χ1v) is 11.3. The number of amides is 1. The third-order valence-corrected chi connectivity index (χ3v) is 6.24. The van der Waals surface area contributed by atoms with Gasteiger partial charge in [-0.2, -0.15) is 0 Å². The van der Waals surface area contributed by atoms with Crippen LogP contribution in [0.2, 0.25) is 0 Å². The van der Waals surface area contributed by atoms with Crippen molar-refractivity contribution in [3.05, 3.63) is 95.3 Å². The van der Waals surface area contributed by atoms with Gasteiger partial charge < -0.3 is 10.1 Å². The van der Waals surface area contributed by atoms with Gasteiger partial charge in [0.1, 0.15) is 5.75 Å². The van der Waals surface area contributed by atoms with Crippen LogP contribution >= 0.6 is 0 Å². The van der Waals surface area contributed by atoms with E-state index < -0.39 is 0 Å². The molecule has 0 bridgehead atoms. The van der Waals surface area contributed by atoms with Crippen molar-refractivity contribution < 1.29 is 9.53 Å². The summed E-state index contributed by atoms with van der Waals surface area (Å²) in [6.45, 7) is 4.74. The highest BCUT2D eigenvalue weighted by Crippen LogP contribution is 2.26. The first kappa shape index (κ1) is 22.0. The minimum absolute atomic E-state index is 0.0202. The van der Waals surface area contributed by atoms with Gasteiger partial charge in [-0.1, -0.05) is 48.5 Å². The van der Waals surface area contributed by atoms with Crippen molar-refractivity contribution in [1.29, 1.82) is 0 Å². The minimum Gasteiger partial charge on any atom is -0.497 e. The minimum atomic E-state index is -0.236. The monoisotopic (exact) mass is 429 g/mol. The van der Waals surface area contributed by atoms with Crippen molar-refractivity contribution in [2.24, 2.45) is 5.92 Å². The molecule has 3 aromatic rings. The number of carbonyl (C=O) groups is 1. The van der Waals surface area contributed by atoms with Crippen LogP contribution < -0.4 is 10.1 Å². The predicted molar refractivity (Wildman–Crippen MR) is 126 cm³/mol. The van der Waals surface area contributed by atoms with Crippen LogP contribution in [0, 0.1) is 12.8 Å². The maximum atomic E-state index is 13.2. The molecule has 2 heterocycles. The van der Waals surface area contributed by atoms with Crippen LogP contribution in [0.5, 0.6) is 5.75 Å². The van der Waals surface area contributed by atoms with Gasteiger partial charge in [0, 0.05) is 18.7 Å². The Morgan fingerprint density at radius 1 is 1.09 bits per heavy atom. The second-order valence-electron chi connectivity index (χ2n) is 8.46. The highest BCUT2D eigenvalue weighted by Gasteiger charge is 2.28. The molecule has 0 spiro atoms. The SMILES string of the molecule is COc1cccc(CN2CCC(C(=O)NC(c3ccccc3)c3ncccc3C)CC2)c1. The molecule has 166 valence electrons. The number of aromatic nitrogens is 1. The summed E-state index contributed by atoms with van der Waals surface area (Å²) in [5, 5.41) is 3.30. The number of piperidine rings is 1. The molecule has 1 unspecified atom stereocenters. The van der Waals surface area contributed by atoms with Gasteiger partial charge in [0.2, 0.25) is 5.91 Å². The van der Waals surface area contributed by atoms with Crippen molar-refractivity contribution in [2.75, 3.05) is 20.2 Å². The van der Waals surface area contributed by atoms with Gasteiger partial charge in [-0.05, 0) is 67.7 Å². The van der Waals surface area contributed by atoms with E-state index in [-0.39, 0.29) is 17.9 Å². The first-order chi connectivity index (χ1) is 15.6. The Hall–Kier alpha value is -3.18. The van der Waals surface area contributed by atoms with E-state index in [1.54, 1.807) is 13.3 Å². The zero-order valence-corrected chi connectivity index (χ0v) is 18.8. The number of hydrogen-bond acceptors (Lipinski definition) is 4. The summed E-state index contributed by atoms with van der Waals surface area (Å²) < 4.78 is 5.33. The summed E-state index contributed by atoms with van der Waals surface area (Å²) in [5.41, 5.74) is 4.28. The zero-order valence-electron chi connectivity index (χ0n) is 18.8. The molecule has 1 fully saturated rings. The molecule has 1 aromatic heterocycles. The topological polar surface area (TPSA) is 54.5 Å². The number of likely N-dealkylation sites (tertiary alicyclic amines) is 1. The number of ether oxygens (including phenoxy) is 1. The van der Waals surface area contributed by atoms with Gasteiger partial charge in [-0.25, -0.2) is 0 Å². The lowest BCUT2D eigenvalue weighted by Crippen LogP contribution is -2.41. The molecule has 1 amide bonds. The summed E-state index contributed by atoms with van der Waals surface area (Å²) in [6, 6.07) is 22.0. The van der Waals surface area contributed by atoms with E-state index in [1.165, 1.54) is 5.56 Å². The Balaban J connectivity index is 1.40. The largest absolute Gasteiger partial charge is 0.497 e. The Morgan fingerprint density at radius 2 is 1.88 bits per heavy atom. The molecule has 1 atom stereocenters. The molecular formula is C27H31N3O2. The highest BCUT2D eigenvalue weighted by molar-refractivity contribution is 5.79. The number of aryl methyl sites for hydroxylation is 1. The van der Waals surface area contributed by atoms with Crippen LogP contribution in [0.1, 0.15) is 41.3 Å². The van der Waals surface area contributed by atoms with Gasteiger partial charge in [0.25, 0.3) is 0 Å². The lowest BCUT2D eigenvalue weighted by Gasteiger charge is -2.32. The van der Waals surface area contributed by atoms with Crippen molar-refractivity contribution in [3.8, 4) is 5.75 Å². The molecule has 4 rings (SSSR count). The number of nitrogens with zero attached hydrogens (tertiary/aromatic N) is 2. The Morgan fingerprint density at radius 3 is 2.59 bits per heavy atom. The predicted octanol–water partition coefficient (Wildman–Crippen LogP) is 4.52. The molecular weight excluding hydrogens is 398 g/mol. The molecule has 2 aromatic carbocycles. The van der Waals surface area contributed by atoms with Crippen LogP contribution in [-0.2, 0) is 11.3 Å². The lowest BCUT2D eigenvalue weighted by molar-refractivity contribution is -0.127. The molecule has 32 heavy (non-hydrogen) atoms. The standard InChI is InChI=1S/C27H31N3O2/c1-20-8-7-15-28-25(20)26(22-10-4-3-5-11-22)29-27(31)23-13-16-30(17-14-23)19-21-9-6-12-24(18-21)32-2/h3-12,15,18,23,26H,13-14,16-17,19H2,1-2H3,(H,29,31). The molecule has 5 heteroatoms. The summed E-state index contributed by atoms with van der Waals surface area (Å²) in [5.74, 6) is 1.02. The van der Waals surface area contributed by atoms with Gasteiger partial charge in [-0.3, -0.25) is 14.7 Å². The van der Waals surface area contributed by atoms with E-state index in [4.69, 9.17) is 4.74 Å². The fourth-order valence-electron chi connectivity index (χ4n) is 4.40. The second kappa shape index (κ2) is 10.4. The quantitative estimate of drug-likeness (QED) is 0.600. The van der Waals surface area contributed by atoms with Crippen molar-refractivity contribution in [3.63, 3.8) is 0 Å². The normalized spacial score (nSPS) is 15.8. The smallest absolute Gasteiger partial charge is 0.224 e. The fourth-order valence-corrected chi connectivity index (χ4v) is 4.40. The van der Waals surface area contributed by atoms with Crippen molar-refractivity contribution in [2.45, 2.75) is 32.4 Å². The molecule has 1 N–H and O–H groups in total. The molecule has 0 saturated carbocycles. The Bertz CT molecular complexity index is 1030. The Labute approximate surface area is 190 Å². The van der Waals surface area contributed by atoms with Gasteiger partial charge >= 0.3 is 0 Å². The van der Waals surface area contributed by atoms with E-state index >= 15 is 0 Å². The molecule has 1 saturated heterocycles. The number of benzene rings is 2. The summed E-state index contributed by atoms with van der Waals surface area (Å²) in [6.07, 6.45) is 3.51. The average Bonchev–Trinajstić information content (AvgIpc) is 2.84. The van der Waals surface area contributed by atoms with Crippen molar-refractivity contribution >= 4 is 5.91 Å². The molecule has 5 nitrogen and oxygen atoms in total. The maximum absolute atomic E-state index is 13.2. The third-order valence-electron chi connectivity index (χ3n) is 6.24. The third kappa shape index (κ3) is 5.35. The van der Waals surface area contributed by atoms with Crippen LogP contribution in [0.4, 0.5) is 0 Å². The number of rotatable bonds is 7. The lowest BCUT2D eigenvalue weighted by atomic mass is 9.93. The van der Waals surface area contributed by atoms with E-state index in [0.29, 0.717) is 0 Å². The van der Waals surface area contributed by atoms with Crippen LogP contribution in [0.3, 0.4) is 0 Å². The number of hydrogen-bond donors (Lipinski definition) is 1. The number of nitrogens with one attached hydrogen (secondary N) is 1. The molecule has 1 aliphatic heterocycles. The first-order valence-electron chi connectivity index (χ1n) is 11.3. The number of methoxy groups -OCH3 is 1. The summed E-state index contributed by atoms with van der Waals surface area (Å²) in [7, 11) is 1.69. The van der Waals surface area contributed by atoms with E-state index in [1.807, 2.05) is 49.4 Å². The van der Waals surface area contributed by atoms with Gasteiger partial charge in [0.05, 0.1) is 18.8 Å². The number of carbonyl (C=O) groups excluding carboxylic acids is 1. The molecule has 1 aliphatic rings. The van der Waals surface area contributed by atoms with Crippen LogP contribution in [0.25, 0.3) is 0 Å². The van der Waals surface area contributed by atoms with Gasteiger partial charge in [0.15, 0.2) is 0 Å². The fraction of sp³-hybridized carbons (Fsp3) is 0.333. The zero-order chi connectivity index (χ0) is 22.3. The Kier molecular flexibility index (Phi) is 7.17. The van der Waals surface area contributed by atoms with E-state index in [2.05, 4.69) is 39.5 Å². The number of pyridine rings is 1. The highest BCUT2D eigenvalue weighted by atomic mass is 16.5. The van der Waals surface area contributed by atoms with E-state index in [0.717, 1.165) is 55.0 Å². The van der Waals surface area contributed by atoms with Gasteiger partial charge in [-0.15, -0.1) is 0 Å². The van der Waals surface area contributed by atoms with Crippen LogP contribution in [0.15, 0.2) is 72.9 Å². The average molecular weight is 430 g/mol. The van der Waals surface area contributed by atoms with Crippen molar-refractivity contribution in [1.82, 2.24) is 15.2 Å². The van der Waals surface area contributed by atoms with Crippen LogP contribution in [-0.4, -0.2) is 36.0 Å². The summed E-state index contributed by atoms with van der Waals surface area (Å²) >= 11 is 0.